The van der Waals surface area contributed by atoms with Crippen molar-refractivity contribution in [1.82, 2.24) is 4.90 Å². The number of hydrogen-bond donors (Lipinski definition) is 2. The van der Waals surface area contributed by atoms with Gasteiger partial charge in [-0.05, 0) is 54.5 Å². The summed E-state index contributed by atoms with van der Waals surface area (Å²) in [6, 6.07) is 14.2. The number of benzene rings is 2. The first-order chi connectivity index (χ1) is 12.1. The fourth-order valence-corrected chi connectivity index (χ4v) is 3.23. The number of ether oxygens (including phenoxy) is 1. The number of nitrogens with zero attached hydrogens (tertiary/aromatic N) is 1. The lowest BCUT2D eigenvalue weighted by Crippen LogP contribution is -2.35. The maximum atomic E-state index is 6.23. The van der Waals surface area contributed by atoms with Crippen LogP contribution in [-0.4, -0.2) is 36.3 Å². The number of aryl methyl sites for hydroxylation is 1. The van der Waals surface area contributed by atoms with Crippen LogP contribution in [0.25, 0.3) is 0 Å². The van der Waals surface area contributed by atoms with Crippen molar-refractivity contribution in [2.45, 2.75) is 13.5 Å². The first kappa shape index (κ1) is 18.1. The third-order valence-electron chi connectivity index (χ3n) is 4.09. The number of thiocarbonyl (C=S) groups is 1. The van der Waals surface area contributed by atoms with Crippen LogP contribution in [0.3, 0.4) is 0 Å². The van der Waals surface area contributed by atoms with Crippen LogP contribution in [0, 0.1) is 6.92 Å². The zero-order valence-electron chi connectivity index (χ0n) is 14.2. The van der Waals surface area contributed by atoms with Gasteiger partial charge >= 0.3 is 0 Å². The second kappa shape index (κ2) is 8.63. The van der Waals surface area contributed by atoms with Crippen molar-refractivity contribution in [3.05, 3.63) is 58.6 Å². The van der Waals surface area contributed by atoms with E-state index in [1.807, 2.05) is 37.3 Å². The molecule has 4 nitrogen and oxygen atoms in total. The van der Waals surface area contributed by atoms with E-state index in [2.05, 4.69) is 27.7 Å². The van der Waals surface area contributed by atoms with Gasteiger partial charge in [-0.2, -0.15) is 0 Å². The van der Waals surface area contributed by atoms with E-state index in [4.69, 9.17) is 28.6 Å². The highest BCUT2D eigenvalue weighted by molar-refractivity contribution is 7.80. The Labute approximate surface area is 159 Å². The molecule has 0 aliphatic carbocycles. The van der Waals surface area contributed by atoms with Crippen LogP contribution in [-0.2, 0) is 11.3 Å². The van der Waals surface area contributed by atoms with Gasteiger partial charge in [0, 0.05) is 25.3 Å². The maximum Gasteiger partial charge on any atom is 0.175 e. The Morgan fingerprint density at radius 3 is 2.52 bits per heavy atom. The Bertz CT molecular complexity index is 730. The average Bonchev–Trinajstić information content (AvgIpc) is 2.60. The van der Waals surface area contributed by atoms with Crippen molar-refractivity contribution in [2.24, 2.45) is 0 Å². The molecule has 6 heteroatoms. The molecule has 25 heavy (non-hydrogen) atoms. The zero-order valence-corrected chi connectivity index (χ0v) is 15.8. The molecule has 2 aromatic carbocycles. The molecule has 3 rings (SSSR count). The SMILES string of the molecule is Cc1ccc(NC(=S)Nc2ccc(CN3CCOCC3)cc2)c(Cl)c1. The fraction of sp³-hybridized carbons (Fsp3) is 0.316. The molecule has 1 heterocycles. The van der Waals surface area contributed by atoms with Gasteiger partial charge in [0.1, 0.15) is 0 Å². The lowest BCUT2D eigenvalue weighted by Gasteiger charge is -2.26. The smallest absolute Gasteiger partial charge is 0.175 e. The summed E-state index contributed by atoms with van der Waals surface area (Å²) < 4.78 is 5.38. The van der Waals surface area contributed by atoms with Gasteiger partial charge in [0.25, 0.3) is 0 Å². The van der Waals surface area contributed by atoms with E-state index in [-0.39, 0.29) is 0 Å². The third kappa shape index (κ3) is 5.41. The van der Waals surface area contributed by atoms with Gasteiger partial charge in [0.05, 0.1) is 23.9 Å². The van der Waals surface area contributed by atoms with Crippen molar-refractivity contribution in [2.75, 3.05) is 36.9 Å². The van der Waals surface area contributed by atoms with Gasteiger partial charge in [-0.1, -0.05) is 29.8 Å². The molecule has 1 aliphatic heterocycles. The molecular weight excluding hydrogens is 354 g/mol. The van der Waals surface area contributed by atoms with Crippen molar-refractivity contribution < 1.29 is 4.74 Å². The molecule has 132 valence electrons. The van der Waals surface area contributed by atoms with E-state index < -0.39 is 0 Å². The Hall–Kier alpha value is -1.66. The van der Waals surface area contributed by atoms with Gasteiger partial charge in [0.2, 0.25) is 0 Å². The van der Waals surface area contributed by atoms with Crippen LogP contribution in [0.1, 0.15) is 11.1 Å². The second-order valence-corrected chi connectivity index (χ2v) is 6.96. The number of rotatable bonds is 4. The van der Waals surface area contributed by atoms with Gasteiger partial charge in [-0.15, -0.1) is 0 Å². The quantitative estimate of drug-likeness (QED) is 0.779. The lowest BCUT2D eigenvalue weighted by molar-refractivity contribution is 0.0342. The van der Waals surface area contributed by atoms with Crippen LogP contribution < -0.4 is 10.6 Å². The van der Waals surface area contributed by atoms with Crippen LogP contribution in [0.2, 0.25) is 5.02 Å². The zero-order chi connectivity index (χ0) is 17.6. The minimum Gasteiger partial charge on any atom is -0.379 e. The van der Waals surface area contributed by atoms with E-state index in [0.717, 1.165) is 49.8 Å². The first-order valence-corrected chi connectivity index (χ1v) is 9.12. The van der Waals surface area contributed by atoms with E-state index in [0.29, 0.717) is 10.1 Å². The first-order valence-electron chi connectivity index (χ1n) is 8.33. The van der Waals surface area contributed by atoms with Crippen molar-refractivity contribution in [3.8, 4) is 0 Å². The molecule has 0 unspecified atom stereocenters. The Morgan fingerprint density at radius 2 is 1.84 bits per heavy atom. The highest BCUT2D eigenvalue weighted by atomic mass is 35.5. The minimum atomic E-state index is 0.520. The minimum absolute atomic E-state index is 0.520. The molecule has 0 spiro atoms. The molecule has 2 aromatic rings. The normalized spacial score (nSPS) is 15.0. The predicted molar refractivity (Wildman–Crippen MR) is 109 cm³/mol. The van der Waals surface area contributed by atoms with E-state index in [9.17, 15) is 0 Å². The Kier molecular flexibility index (Phi) is 6.26. The number of morpholine rings is 1. The van der Waals surface area contributed by atoms with E-state index in [1.165, 1.54) is 5.56 Å². The summed E-state index contributed by atoms with van der Waals surface area (Å²) in [6.07, 6.45) is 0. The molecule has 0 amide bonds. The molecule has 0 saturated carbocycles. The molecule has 1 saturated heterocycles. The number of nitrogens with one attached hydrogen (secondary N) is 2. The molecule has 0 atom stereocenters. The van der Waals surface area contributed by atoms with Gasteiger partial charge in [-0.25, -0.2) is 0 Å². The van der Waals surface area contributed by atoms with E-state index in [1.54, 1.807) is 0 Å². The highest BCUT2D eigenvalue weighted by Crippen LogP contribution is 2.23. The van der Waals surface area contributed by atoms with Crippen LogP contribution >= 0.6 is 23.8 Å². The molecular formula is C19H22ClN3OS. The van der Waals surface area contributed by atoms with Gasteiger partial charge in [-0.3, -0.25) is 4.90 Å². The average molecular weight is 376 g/mol. The summed E-state index contributed by atoms with van der Waals surface area (Å²) in [5, 5.41) is 7.50. The van der Waals surface area contributed by atoms with Crippen molar-refractivity contribution in [1.29, 1.82) is 0 Å². The summed E-state index contributed by atoms with van der Waals surface area (Å²) in [5.74, 6) is 0. The largest absolute Gasteiger partial charge is 0.379 e. The fourth-order valence-electron chi connectivity index (χ4n) is 2.72. The Balaban J connectivity index is 1.54. The summed E-state index contributed by atoms with van der Waals surface area (Å²) >= 11 is 11.6. The van der Waals surface area contributed by atoms with Crippen LogP contribution in [0.15, 0.2) is 42.5 Å². The van der Waals surface area contributed by atoms with Crippen LogP contribution in [0.5, 0.6) is 0 Å². The summed E-state index contributed by atoms with van der Waals surface area (Å²) in [4.78, 5) is 2.40. The lowest BCUT2D eigenvalue weighted by atomic mass is 10.2. The molecule has 1 aliphatic rings. The summed E-state index contributed by atoms with van der Waals surface area (Å²) in [6.45, 7) is 6.58. The topological polar surface area (TPSA) is 36.5 Å². The predicted octanol–water partition coefficient (Wildman–Crippen LogP) is 4.29. The monoisotopic (exact) mass is 375 g/mol. The van der Waals surface area contributed by atoms with Crippen molar-refractivity contribution in [3.63, 3.8) is 0 Å². The van der Waals surface area contributed by atoms with Gasteiger partial charge in [0.15, 0.2) is 5.11 Å². The standard InChI is InChI=1S/C19H22ClN3OS/c1-14-2-7-18(17(20)12-14)22-19(25)21-16-5-3-15(4-6-16)13-23-8-10-24-11-9-23/h2-7,12H,8-11,13H2,1H3,(H2,21,22,25). The highest BCUT2D eigenvalue weighted by Gasteiger charge is 2.10. The van der Waals surface area contributed by atoms with Crippen LogP contribution in [0.4, 0.5) is 11.4 Å². The number of anilines is 2. The van der Waals surface area contributed by atoms with E-state index >= 15 is 0 Å². The summed E-state index contributed by atoms with van der Waals surface area (Å²) in [7, 11) is 0. The molecule has 0 radical (unpaired) electrons. The molecule has 1 fully saturated rings. The summed E-state index contributed by atoms with van der Waals surface area (Å²) in [5.41, 5.74) is 4.15. The number of halogens is 1. The number of hydrogen-bond acceptors (Lipinski definition) is 3. The van der Waals surface area contributed by atoms with Crippen molar-refractivity contribution >= 4 is 40.3 Å². The molecule has 0 bridgehead atoms. The Morgan fingerprint density at radius 1 is 1.12 bits per heavy atom. The molecule has 2 N–H and O–H groups in total. The second-order valence-electron chi connectivity index (χ2n) is 6.15. The van der Waals surface area contributed by atoms with Gasteiger partial charge < -0.3 is 15.4 Å². The third-order valence-corrected chi connectivity index (χ3v) is 4.61. The maximum absolute atomic E-state index is 6.23. The molecule has 0 aromatic heterocycles.